The van der Waals surface area contributed by atoms with Crippen LogP contribution in [0.1, 0.15) is 10.4 Å². The number of aryl methyl sites for hydroxylation is 1. The third-order valence-corrected chi connectivity index (χ3v) is 5.46. The summed E-state index contributed by atoms with van der Waals surface area (Å²) < 4.78 is 12.9. The summed E-state index contributed by atoms with van der Waals surface area (Å²) in [6.45, 7) is 0. The first kappa shape index (κ1) is 19.3. The van der Waals surface area contributed by atoms with E-state index in [2.05, 4.69) is 15.1 Å². The van der Waals surface area contributed by atoms with E-state index in [1.807, 2.05) is 29.8 Å². The topological polar surface area (TPSA) is 121 Å². The summed E-state index contributed by atoms with van der Waals surface area (Å²) in [6, 6.07) is 12.7. The van der Waals surface area contributed by atoms with Crippen molar-refractivity contribution in [1.82, 2.24) is 24.6 Å². The van der Waals surface area contributed by atoms with Crippen molar-refractivity contribution < 1.29 is 13.9 Å². The molecule has 5 rings (SSSR count). The van der Waals surface area contributed by atoms with Crippen LogP contribution in [0.3, 0.4) is 0 Å². The Kier molecular flexibility index (Phi) is 4.49. The van der Waals surface area contributed by atoms with E-state index < -0.39 is 5.91 Å². The lowest BCUT2D eigenvalue weighted by atomic mass is 10.1. The number of nitrogens with one attached hydrogen (secondary N) is 1. The molecule has 0 aliphatic heterocycles. The van der Waals surface area contributed by atoms with Crippen LogP contribution in [0.25, 0.3) is 39.2 Å². The van der Waals surface area contributed by atoms with Crippen molar-refractivity contribution in [2.45, 2.75) is 0 Å². The van der Waals surface area contributed by atoms with E-state index in [-0.39, 0.29) is 16.5 Å². The summed E-state index contributed by atoms with van der Waals surface area (Å²) >= 11 is 12.6. The van der Waals surface area contributed by atoms with Crippen molar-refractivity contribution in [3.63, 3.8) is 0 Å². The molecule has 5 aromatic rings. The monoisotopic (exact) mass is 456 g/mol. The summed E-state index contributed by atoms with van der Waals surface area (Å²) in [7, 11) is 1.85. The normalized spacial score (nSPS) is 11.3. The Bertz CT molecular complexity index is 1520. The number of nitrogens with zero attached hydrogens (tertiary/aromatic N) is 4. The summed E-state index contributed by atoms with van der Waals surface area (Å²) in [4.78, 5) is 21.1. The van der Waals surface area contributed by atoms with Crippen LogP contribution in [0.5, 0.6) is 0 Å². The molecule has 0 aliphatic carbocycles. The highest BCUT2D eigenvalue weighted by Crippen LogP contribution is 2.36. The molecule has 0 saturated carbocycles. The predicted octanol–water partition coefficient (Wildman–Crippen LogP) is 4.62. The Morgan fingerprint density at radius 1 is 1.19 bits per heavy atom. The number of hydrogen-bond acceptors (Lipinski definition) is 5. The second-order valence-corrected chi connectivity index (χ2v) is 7.49. The standard InChI is InChI=1S/C20H14Cl2N6O3/c1-27-14(8-10-4-2-6-12(17(10)27)18(23)29)11-5-3-7-13(16(11)22)28-30-20-19(26-31-28)25-15(21)9-24-20/h2-9H,1H3,(H2,23,29)(H,25,26). The third kappa shape index (κ3) is 3.15. The van der Waals surface area contributed by atoms with Gasteiger partial charge < -0.3 is 14.8 Å². The van der Waals surface area contributed by atoms with Gasteiger partial charge in [0, 0.05) is 18.0 Å². The molecule has 2 aromatic carbocycles. The maximum atomic E-state index is 11.9. The van der Waals surface area contributed by atoms with Crippen molar-refractivity contribution in [2.75, 3.05) is 0 Å². The number of hydrogen-bond donors (Lipinski definition) is 2. The Hall–Kier alpha value is -3.69. The molecule has 0 aliphatic rings. The molecule has 0 bridgehead atoms. The number of carbonyl (C=O) groups excluding carboxylic acids is 1. The quantitative estimate of drug-likeness (QED) is 0.410. The number of fused-ring (bicyclic) bond motifs is 2. The summed E-state index contributed by atoms with van der Waals surface area (Å²) in [6.07, 6.45) is 1.36. The van der Waals surface area contributed by atoms with Gasteiger partial charge in [-0.05, 0) is 23.1 Å². The Labute approximate surface area is 184 Å². The van der Waals surface area contributed by atoms with Crippen molar-refractivity contribution >= 4 is 51.4 Å². The van der Waals surface area contributed by atoms with Gasteiger partial charge in [-0.3, -0.25) is 9.42 Å². The fourth-order valence-electron chi connectivity index (χ4n) is 3.50. The first-order valence-corrected chi connectivity index (χ1v) is 9.80. The van der Waals surface area contributed by atoms with Gasteiger partial charge in [0.25, 0.3) is 11.6 Å². The number of rotatable bonds is 3. The molecule has 0 unspecified atom stereocenters. The lowest BCUT2D eigenvalue weighted by molar-refractivity contribution is 0.0714. The van der Waals surface area contributed by atoms with Gasteiger partial charge in [0.2, 0.25) is 5.65 Å². The van der Waals surface area contributed by atoms with Crippen molar-refractivity contribution in [3.8, 4) is 16.9 Å². The minimum absolute atomic E-state index is 0.174. The zero-order valence-electron chi connectivity index (χ0n) is 16.0. The van der Waals surface area contributed by atoms with Gasteiger partial charge in [-0.25, -0.2) is 9.97 Å². The molecule has 3 N–H and O–H groups in total. The second-order valence-electron chi connectivity index (χ2n) is 6.72. The van der Waals surface area contributed by atoms with Crippen molar-refractivity contribution in [1.29, 1.82) is 0 Å². The van der Waals surface area contributed by atoms with E-state index >= 15 is 0 Å². The van der Waals surface area contributed by atoms with E-state index in [0.29, 0.717) is 21.8 Å². The smallest absolute Gasteiger partial charge is 0.296 e. The molecule has 31 heavy (non-hydrogen) atoms. The van der Waals surface area contributed by atoms with E-state index in [1.54, 1.807) is 24.3 Å². The molecular formula is C20H14Cl2N6O3. The van der Waals surface area contributed by atoms with Crippen LogP contribution < -0.4 is 5.73 Å². The molecule has 0 atom stereocenters. The van der Waals surface area contributed by atoms with Crippen molar-refractivity contribution in [2.24, 2.45) is 12.8 Å². The van der Waals surface area contributed by atoms with E-state index in [4.69, 9.17) is 38.1 Å². The number of primary amides is 1. The number of aromatic nitrogens is 5. The minimum atomic E-state index is -0.501. The van der Waals surface area contributed by atoms with E-state index in [9.17, 15) is 4.79 Å². The van der Waals surface area contributed by atoms with Crippen LogP contribution in [0, 0.1) is 0 Å². The van der Waals surface area contributed by atoms with Gasteiger partial charge in [0.1, 0.15) is 10.8 Å². The number of halogens is 2. The van der Waals surface area contributed by atoms with Crippen LogP contribution in [0.4, 0.5) is 0 Å². The number of aromatic amines is 1. The minimum Gasteiger partial charge on any atom is -0.366 e. The highest BCUT2D eigenvalue weighted by atomic mass is 35.5. The average molecular weight is 457 g/mol. The van der Waals surface area contributed by atoms with E-state index in [1.165, 1.54) is 6.20 Å². The molecule has 0 spiro atoms. The van der Waals surface area contributed by atoms with Gasteiger partial charge in [-0.1, -0.05) is 47.5 Å². The molecule has 9 nitrogen and oxygen atoms in total. The Morgan fingerprint density at radius 3 is 2.81 bits per heavy atom. The Balaban J connectivity index is 1.69. The van der Waals surface area contributed by atoms with Crippen LogP contribution >= 0.6 is 23.2 Å². The lowest BCUT2D eigenvalue weighted by Gasteiger charge is -2.11. The fourth-order valence-corrected chi connectivity index (χ4v) is 3.93. The zero-order valence-corrected chi connectivity index (χ0v) is 17.5. The van der Waals surface area contributed by atoms with Crippen LogP contribution in [0.15, 0.2) is 57.8 Å². The molecule has 3 aromatic heterocycles. The number of amides is 1. The number of H-pyrrole nitrogens is 1. The van der Waals surface area contributed by atoms with Gasteiger partial charge in [0.05, 0.1) is 28.0 Å². The van der Waals surface area contributed by atoms with Gasteiger partial charge in [-0.2, -0.15) is 5.16 Å². The molecule has 0 saturated heterocycles. The van der Waals surface area contributed by atoms with Crippen LogP contribution in [0.2, 0.25) is 10.2 Å². The first-order valence-electron chi connectivity index (χ1n) is 9.05. The molecule has 1 amide bonds. The number of carbonyl (C=O) groups is 1. The van der Waals surface area contributed by atoms with Gasteiger partial charge in [0.15, 0.2) is 0 Å². The molecule has 0 fully saturated rings. The molecule has 156 valence electrons. The second kappa shape index (κ2) is 7.22. The van der Waals surface area contributed by atoms with Crippen molar-refractivity contribution in [3.05, 3.63) is 64.4 Å². The number of nitrogens with two attached hydrogens (primary N) is 1. The number of benzene rings is 2. The third-order valence-electron chi connectivity index (χ3n) is 4.88. The Morgan fingerprint density at radius 2 is 2.00 bits per heavy atom. The van der Waals surface area contributed by atoms with Gasteiger partial charge in [-0.15, -0.1) is 0 Å². The van der Waals surface area contributed by atoms with Crippen LogP contribution in [-0.2, 0) is 7.05 Å². The summed E-state index contributed by atoms with van der Waals surface area (Å²) in [5.41, 5.74) is 9.03. The highest BCUT2D eigenvalue weighted by Gasteiger charge is 2.18. The molecule has 3 heterocycles. The molecule has 11 heteroatoms. The highest BCUT2D eigenvalue weighted by molar-refractivity contribution is 6.35. The average Bonchev–Trinajstić information content (AvgIpc) is 3.10. The van der Waals surface area contributed by atoms with E-state index in [0.717, 1.165) is 21.5 Å². The SMILES string of the molecule is Cn1c(-c2cccc(-n3o[nH]c4nc(Cl)cnc4o3)c2Cl)cc2cccc(C(N)=O)c21. The van der Waals surface area contributed by atoms with Gasteiger partial charge >= 0.3 is 0 Å². The maximum absolute atomic E-state index is 11.9. The summed E-state index contributed by atoms with van der Waals surface area (Å²) in [5, 5.41) is 4.04. The summed E-state index contributed by atoms with van der Waals surface area (Å²) in [5.74, 6) is -0.501. The molecule has 0 radical (unpaired) electrons. The van der Waals surface area contributed by atoms with Crippen LogP contribution in [-0.4, -0.2) is 30.5 Å². The predicted molar refractivity (Wildman–Crippen MR) is 116 cm³/mol. The number of para-hydroxylation sites is 1. The fraction of sp³-hybridized carbons (Fsp3) is 0.0500. The maximum Gasteiger partial charge on any atom is 0.296 e. The first-order chi connectivity index (χ1) is 14.9. The largest absolute Gasteiger partial charge is 0.366 e. The lowest BCUT2D eigenvalue weighted by Crippen LogP contribution is -2.12. The molecular weight excluding hydrogens is 443 g/mol. The zero-order chi connectivity index (χ0) is 21.7.